The average Bonchev–Trinajstić information content (AvgIpc) is 2.51. The van der Waals surface area contributed by atoms with Crippen LogP contribution in [0.4, 0.5) is 0 Å². The van der Waals surface area contributed by atoms with Crippen molar-refractivity contribution in [2.75, 3.05) is 0 Å². The standard InChI is InChI=1S/C16H11ClN2OS/c17-13-5-6-14(11-4-2-1-3-10(11)13)20-15-9-19-8-7-12(15)16(18)21/h1-9H,(H2,18,21). The van der Waals surface area contributed by atoms with E-state index in [-0.39, 0.29) is 4.99 Å². The van der Waals surface area contributed by atoms with E-state index in [2.05, 4.69) is 4.98 Å². The number of halogens is 1. The van der Waals surface area contributed by atoms with Crippen LogP contribution >= 0.6 is 23.8 Å². The van der Waals surface area contributed by atoms with Crippen molar-refractivity contribution >= 4 is 39.6 Å². The first-order valence-corrected chi connectivity index (χ1v) is 7.04. The highest BCUT2D eigenvalue weighted by Gasteiger charge is 2.10. The second kappa shape index (κ2) is 5.68. The fraction of sp³-hybridized carbons (Fsp3) is 0. The fourth-order valence-electron chi connectivity index (χ4n) is 2.11. The minimum atomic E-state index is 0.269. The maximum absolute atomic E-state index is 6.21. The molecular formula is C16H11ClN2OS. The first kappa shape index (κ1) is 13.8. The summed E-state index contributed by atoms with van der Waals surface area (Å²) < 4.78 is 5.95. The minimum absolute atomic E-state index is 0.269. The molecule has 0 saturated carbocycles. The molecule has 0 fully saturated rings. The molecule has 2 N–H and O–H groups in total. The summed E-state index contributed by atoms with van der Waals surface area (Å²) in [4.78, 5) is 4.32. The van der Waals surface area contributed by atoms with E-state index in [0.717, 1.165) is 10.8 Å². The van der Waals surface area contributed by atoms with Gasteiger partial charge >= 0.3 is 0 Å². The Morgan fingerprint density at radius 1 is 1.05 bits per heavy atom. The van der Waals surface area contributed by atoms with Crippen LogP contribution in [0, 0.1) is 0 Å². The Morgan fingerprint density at radius 3 is 2.57 bits per heavy atom. The molecule has 0 aliphatic carbocycles. The number of pyridine rings is 1. The molecule has 0 unspecified atom stereocenters. The summed E-state index contributed by atoms with van der Waals surface area (Å²) in [5.41, 5.74) is 6.36. The van der Waals surface area contributed by atoms with Crippen molar-refractivity contribution < 1.29 is 4.74 Å². The molecule has 0 atom stereocenters. The van der Waals surface area contributed by atoms with Gasteiger partial charge in [0.15, 0.2) is 5.75 Å². The van der Waals surface area contributed by atoms with E-state index >= 15 is 0 Å². The van der Waals surface area contributed by atoms with E-state index in [0.29, 0.717) is 22.1 Å². The lowest BCUT2D eigenvalue weighted by Crippen LogP contribution is -2.10. The summed E-state index contributed by atoms with van der Waals surface area (Å²) in [6, 6.07) is 13.1. The van der Waals surface area contributed by atoms with Crippen LogP contribution in [0.5, 0.6) is 11.5 Å². The molecule has 0 aliphatic heterocycles. The second-order valence-corrected chi connectivity index (χ2v) is 5.28. The van der Waals surface area contributed by atoms with Gasteiger partial charge < -0.3 is 10.5 Å². The van der Waals surface area contributed by atoms with E-state index in [1.807, 2.05) is 30.3 Å². The lowest BCUT2D eigenvalue weighted by Gasteiger charge is -2.12. The number of hydrogen-bond acceptors (Lipinski definition) is 3. The normalized spacial score (nSPS) is 10.5. The molecule has 0 amide bonds. The lowest BCUT2D eigenvalue weighted by atomic mass is 10.1. The van der Waals surface area contributed by atoms with Gasteiger partial charge in [-0.15, -0.1) is 0 Å². The minimum Gasteiger partial charge on any atom is -0.454 e. The van der Waals surface area contributed by atoms with Crippen LogP contribution in [-0.2, 0) is 0 Å². The smallest absolute Gasteiger partial charge is 0.155 e. The lowest BCUT2D eigenvalue weighted by molar-refractivity contribution is 0.485. The van der Waals surface area contributed by atoms with E-state index in [4.69, 9.17) is 34.3 Å². The Kier molecular flexibility index (Phi) is 3.73. The molecule has 0 saturated heterocycles. The number of thiocarbonyl (C=S) groups is 1. The van der Waals surface area contributed by atoms with Gasteiger partial charge in [0, 0.05) is 22.0 Å². The van der Waals surface area contributed by atoms with Crippen LogP contribution < -0.4 is 10.5 Å². The first-order valence-electron chi connectivity index (χ1n) is 6.26. The zero-order chi connectivity index (χ0) is 14.8. The first-order chi connectivity index (χ1) is 10.2. The summed E-state index contributed by atoms with van der Waals surface area (Å²) in [6.45, 7) is 0. The van der Waals surface area contributed by atoms with Crippen molar-refractivity contribution in [1.29, 1.82) is 0 Å². The molecule has 21 heavy (non-hydrogen) atoms. The molecule has 0 bridgehead atoms. The number of aromatic nitrogens is 1. The summed E-state index contributed by atoms with van der Waals surface area (Å²) in [5.74, 6) is 1.21. The third-order valence-corrected chi connectivity index (χ3v) is 3.65. The van der Waals surface area contributed by atoms with Crippen molar-refractivity contribution in [3.8, 4) is 11.5 Å². The molecule has 2 aromatic carbocycles. The van der Waals surface area contributed by atoms with Gasteiger partial charge in [-0.05, 0) is 18.2 Å². The quantitative estimate of drug-likeness (QED) is 0.732. The topological polar surface area (TPSA) is 48.1 Å². The third-order valence-electron chi connectivity index (χ3n) is 3.10. The van der Waals surface area contributed by atoms with Gasteiger partial charge in [-0.2, -0.15) is 0 Å². The predicted molar refractivity (Wildman–Crippen MR) is 89.2 cm³/mol. The number of nitrogens with zero attached hydrogens (tertiary/aromatic N) is 1. The van der Waals surface area contributed by atoms with Gasteiger partial charge in [-0.25, -0.2) is 0 Å². The molecule has 3 aromatic rings. The van der Waals surface area contributed by atoms with E-state index in [1.165, 1.54) is 0 Å². The van der Waals surface area contributed by atoms with E-state index in [1.54, 1.807) is 24.5 Å². The van der Waals surface area contributed by atoms with Gasteiger partial charge in [-0.3, -0.25) is 4.98 Å². The summed E-state index contributed by atoms with van der Waals surface area (Å²) in [6.07, 6.45) is 3.22. The molecule has 3 rings (SSSR count). The largest absolute Gasteiger partial charge is 0.454 e. The van der Waals surface area contributed by atoms with E-state index < -0.39 is 0 Å². The number of ether oxygens (including phenoxy) is 1. The Bertz CT molecular complexity index is 835. The number of hydrogen-bond donors (Lipinski definition) is 1. The van der Waals surface area contributed by atoms with Crippen molar-refractivity contribution in [2.24, 2.45) is 5.73 Å². The SMILES string of the molecule is NC(=S)c1ccncc1Oc1ccc(Cl)c2ccccc12. The zero-order valence-electron chi connectivity index (χ0n) is 10.9. The predicted octanol–water partition coefficient (Wildman–Crippen LogP) is 4.31. The van der Waals surface area contributed by atoms with Gasteiger partial charge in [0.05, 0.1) is 11.8 Å². The monoisotopic (exact) mass is 314 g/mol. The Balaban J connectivity index is 2.11. The van der Waals surface area contributed by atoms with Crippen LogP contribution in [0.2, 0.25) is 5.02 Å². The Hall–Kier alpha value is -2.17. The fourth-order valence-corrected chi connectivity index (χ4v) is 2.50. The molecule has 0 spiro atoms. The van der Waals surface area contributed by atoms with Gasteiger partial charge in [0.1, 0.15) is 10.7 Å². The highest BCUT2D eigenvalue weighted by molar-refractivity contribution is 7.80. The van der Waals surface area contributed by atoms with Crippen LogP contribution in [-0.4, -0.2) is 9.97 Å². The van der Waals surface area contributed by atoms with Crippen LogP contribution in [0.25, 0.3) is 10.8 Å². The Labute approximate surface area is 132 Å². The molecule has 104 valence electrons. The third kappa shape index (κ3) is 2.68. The number of rotatable bonds is 3. The van der Waals surface area contributed by atoms with Crippen LogP contribution in [0.15, 0.2) is 54.9 Å². The van der Waals surface area contributed by atoms with Gasteiger partial charge in [0.2, 0.25) is 0 Å². The van der Waals surface area contributed by atoms with E-state index in [9.17, 15) is 0 Å². The Morgan fingerprint density at radius 2 is 1.81 bits per heavy atom. The number of fused-ring (bicyclic) bond motifs is 1. The molecule has 5 heteroatoms. The molecule has 3 nitrogen and oxygen atoms in total. The number of benzene rings is 2. The highest BCUT2D eigenvalue weighted by atomic mass is 35.5. The highest BCUT2D eigenvalue weighted by Crippen LogP contribution is 2.34. The molecule has 1 aromatic heterocycles. The van der Waals surface area contributed by atoms with Crippen molar-refractivity contribution in [3.63, 3.8) is 0 Å². The summed E-state index contributed by atoms with van der Waals surface area (Å²) >= 11 is 11.2. The van der Waals surface area contributed by atoms with Crippen LogP contribution in [0.3, 0.4) is 0 Å². The van der Waals surface area contributed by atoms with Crippen molar-refractivity contribution in [3.05, 3.63) is 65.4 Å². The average molecular weight is 315 g/mol. The maximum atomic E-state index is 6.21. The molecule has 0 radical (unpaired) electrons. The number of nitrogens with two attached hydrogens (primary N) is 1. The van der Waals surface area contributed by atoms with Gasteiger partial charge in [0.25, 0.3) is 0 Å². The van der Waals surface area contributed by atoms with Crippen molar-refractivity contribution in [1.82, 2.24) is 4.98 Å². The maximum Gasteiger partial charge on any atom is 0.155 e. The van der Waals surface area contributed by atoms with Crippen LogP contribution in [0.1, 0.15) is 5.56 Å². The molecular weight excluding hydrogens is 304 g/mol. The summed E-state index contributed by atoms with van der Waals surface area (Å²) in [7, 11) is 0. The van der Waals surface area contributed by atoms with Gasteiger partial charge in [-0.1, -0.05) is 48.1 Å². The second-order valence-electron chi connectivity index (χ2n) is 4.43. The van der Waals surface area contributed by atoms with Crippen molar-refractivity contribution in [2.45, 2.75) is 0 Å². The molecule has 1 heterocycles. The summed E-state index contributed by atoms with van der Waals surface area (Å²) in [5, 5.41) is 2.53. The molecule has 0 aliphatic rings. The zero-order valence-corrected chi connectivity index (χ0v) is 12.5.